The fourth-order valence-electron chi connectivity index (χ4n) is 6.54. The van der Waals surface area contributed by atoms with E-state index in [0.29, 0.717) is 37.7 Å². The maximum atomic E-state index is 6.28. The molecule has 0 saturated heterocycles. The summed E-state index contributed by atoms with van der Waals surface area (Å²) in [4.78, 5) is 13.5. The van der Waals surface area contributed by atoms with Gasteiger partial charge in [-0.2, -0.15) is 9.97 Å². The second-order valence-corrected chi connectivity index (χ2v) is 16.0. The summed E-state index contributed by atoms with van der Waals surface area (Å²) in [6, 6.07) is 0.644. The van der Waals surface area contributed by atoms with Gasteiger partial charge in [-0.05, 0) is 31.1 Å². The molecule has 1 rings (SSSR count). The molecule has 7 heteroatoms. The van der Waals surface area contributed by atoms with E-state index < -0.39 is 0 Å². The Morgan fingerprint density at radius 2 is 0.740 bits per heavy atom. The van der Waals surface area contributed by atoms with Gasteiger partial charge in [-0.25, -0.2) is 5.84 Å². The van der Waals surface area contributed by atoms with Gasteiger partial charge in [0, 0.05) is 6.54 Å². The van der Waals surface area contributed by atoms with Gasteiger partial charge in [0.25, 0.3) is 0 Å². The molecule has 1 aromatic heterocycles. The Kier molecular flexibility index (Phi) is 32.0. The van der Waals surface area contributed by atoms with Gasteiger partial charge in [-0.1, -0.05) is 208 Å². The number of hydrazine groups is 1. The Hall–Kier alpha value is -1.63. The monoisotopic (exact) mass is 704 g/mol. The lowest BCUT2D eigenvalue weighted by Crippen LogP contribution is -2.33. The van der Waals surface area contributed by atoms with Crippen molar-refractivity contribution in [2.45, 2.75) is 227 Å². The van der Waals surface area contributed by atoms with Crippen LogP contribution in [0.5, 0.6) is 12.0 Å². The number of ether oxygens (including phenoxy) is 2. The fraction of sp³-hybridized carbons (Fsp3) is 0.930. The first-order chi connectivity index (χ1) is 24.4. The lowest BCUT2D eigenvalue weighted by Gasteiger charge is -2.17. The number of rotatable bonds is 38. The summed E-state index contributed by atoms with van der Waals surface area (Å²) in [5.74, 6) is 8.43. The number of nitrogens with two attached hydrogens (primary N) is 1. The smallest absolute Gasteiger partial charge is 0.324 e. The van der Waals surface area contributed by atoms with Crippen molar-refractivity contribution in [3.05, 3.63) is 0 Å². The molecule has 0 saturated carbocycles. The Morgan fingerprint density at radius 3 is 1.04 bits per heavy atom. The minimum atomic E-state index is 0.322. The van der Waals surface area contributed by atoms with Gasteiger partial charge in [0.2, 0.25) is 5.95 Å². The number of hydrogen-bond acceptors (Lipinski definition) is 7. The number of nitrogens with zero attached hydrogens (tertiary/aromatic N) is 4. The van der Waals surface area contributed by atoms with E-state index in [2.05, 4.69) is 49.6 Å². The van der Waals surface area contributed by atoms with Crippen molar-refractivity contribution in [3.63, 3.8) is 0 Å². The van der Waals surface area contributed by atoms with Crippen molar-refractivity contribution in [3.8, 4) is 12.0 Å². The fourth-order valence-corrected chi connectivity index (χ4v) is 6.54. The zero-order chi connectivity index (χ0) is 36.3. The molecule has 0 aliphatic rings. The third-order valence-corrected chi connectivity index (χ3v) is 9.91. The van der Waals surface area contributed by atoms with Crippen molar-refractivity contribution in [2.24, 2.45) is 17.7 Å². The van der Waals surface area contributed by atoms with E-state index in [1.165, 1.54) is 167 Å². The molecule has 7 nitrogen and oxygen atoms in total. The van der Waals surface area contributed by atoms with Crippen molar-refractivity contribution in [1.82, 2.24) is 15.0 Å². The van der Waals surface area contributed by atoms with E-state index in [1.54, 1.807) is 5.01 Å². The molecule has 0 spiro atoms. The molecule has 0 amide bonds. The van der Waals surface area contributed by atoms with Crippen LogP contribution < -0.4 is 20.3 Å². The SMILES string of the molecule is CCCCN(N)c1nc(OCCCCCCCCCCCCCCCC(C)C)nc(OCCCCCCCCCCCCCCCC(C)C)n1. The molecule has 0 atom stereocenters. The first-order valence-electron chi connectivity index (χ1n) is 22.0. The molecular weight excluding hydrogens is 619 g/mol. The van der Waals surface area contributed by atoms with Crippen LogP contribution in [0.3, 0.4) is 0 Å². The highest BCUT2D eigenvalue weighted by Gasteiger charge is 2.13. The quantitative estimate of drug-likeness (QED) is 0.0417. The largest absolute Gasteiger partial charge is 0.463 e. The molecule has 0 aliphatic heterocycles. The first kappa shape index (κ1) is 46.4. The highest BCUT2D eigenvalue weighted by molar-refractivity contribution is 5.29. The van der Waals surface area contributed by atoms with Crippen LogP contribution in [0.25, 0.3) is 0 Å². The normalized spacial score (nSPS) is 11.6. The van der Waals surface area contributed by atoms with Gasteiger partial charge in [0.1, 0.15) is 0 Å². The van der Waals surface area contributed by atoms with E-state index in [0.717, 1.165) is 37.5 Å². The lowest BCUT2D eigenvalue weighted by molar-refractivity contribution is 0.252. The highest BCUT2D eigenvalue weighted by atomic mass is 16.5. The van der Waals surface area contributed by atoms with E-state index in [4.69, 9.17) is 15.3 Å². The Bertz CT molecular complexity index is 794. The summed E-state index contributed by atoms with van der Waals surface area (Å²) in [5, 5.41) is 1.59. The first-order valence-corrected chi connectivity index (χ1v) is 22.0. The summed E-state index contributed by atoms with van der Waals surface area (Å²) < 4.78 is 11.9. The molecule has 0 fully saturated rings. The Morgan fingerprint density at radius 1 is 0.440 bits per heavy atom. The molecule has 0 bridgehead atoms. The number of aromatic nitrogens is 3. The summed E-state index contributed by atoms with van der Waals surface area (Å²) >= 11 is 0. The van der Waals surface area contributed by atoms with Crippen molar-refractivity contribution in [1.29, 1.82) is 0 Å². The maximum absolute atomic E-state index is 6.28. The van der Waals surface area contributed by atoms with E-state index >= 15 is 0 Å². The molecule has 294 valence electrons. The van der Waals surface area contributed by atoms with Gasteiger partial charge in [0.15, 0.2) is 0 Å². The molecule has 1 heterocycles. The maximum Gasteiger partial charge on any atom is 0.324 e. The number of anilines is 1. The van der Waals surface area contributed by atoms with Crippen LogP contribution in [-0.4, -0.2) is 34.7 Å². The molecule has 0 aromatic carbocycles. The molecule has 0 aliphatic carbocycles. The summed E-state index contributed by atoms with van der Waals surface area (Å²) in [5.41, 5.74) is 0. The number of unbranched alkanes of at least 4 members (excludes halogenated alkanes) is 25. The second kappa shape index (κ2) is 34.5. The third-order valence-electron chi connectivity index (χ3n) is 9.91. The second-order valence-electron chi connectivity index (χ2n) is 16.0. The minimum absolute atomic E-state index is 0.322. The predicted octanol–water partition coefficient (Wildman–Crippen LogP) is 13.3. The molecule has 2 N–H and O–H groups in total. The van der Waals surface area contributed by atoms with Crippen LogP contribution in [0, 0.1) is 11.8 Å². The van der Waals surface area contributed by atoms with Gasteiger partial charge in [-0.15, -0.1) is 4.98 Å². The molecule has 0 radical (unpaired) electrons. The average molecular weight is 704 g/mol. The zero-order valence-electron chi connectivity index (χ0n) is 34.2. The van der Waals surface area contributed by atoms with Crippen LogP contribution in [0.4, 0.5) is 5.95 Å². The summed E-state index contributed by atoms with van der Waals surface area (Å²) in [6.45, 7) is 13.4. The van der Waals surface area contributed by atoms with Crippen molar-refractivity contribution < 1.29 is 9.47 Å². The standard InChI is InChI=1S/C43H85N5O2/c1-6-7-36-48(44)41-45-42(49-37-32-28-24-20-16-12-8-10-14-18-22-26-30-34-39(2)3)47-43(46-41)50-38-33-29-25-21-17-13-9-11-15-19-23-27-31-35-40(4)5/h39-40H,6-38,44H2,1-5H3. The van der Waals surface area contributed by atoms with Crippen LogP contribution in [0.2, 0.25) is 0 Å². The van der Waals surface area contributed by atoms with Crippen molar-refractivity contribution >= 4 is 5.95 Å². The Balaban J connectivity index is 2.15. The summed E-state index contributed by atoms with van der Waals surface area (Å²) in [7, 11) is 0. The predicted molar refractivity (Wildman–Crippen MR) is 216 cm³/mol. The molecule has 1 aromatic rings. The topological polar surface area (TPSA) is 86.4 Å². The lowest BCUT2D eigenvalue weighted by atomic mass is 10.0. The zero-order valence-corrected chi connectivity index (χ0v) is 34.2. The van der Waals surface area contributed by atoms with Gasteiger partial charge in [-0.3, -0.25) is 5.01 Å². The van der Waals surface area contributed by atoms with Gasteiger partial charge in [0.05, 0.1) is 13.2 Å². The van der Waals surface area contributed by atoms with E-state index in [-0.39, 0.29) is 0 Å². The average Bonchev–Trinajstić information content (AvgIpc) is 3.09. The summed E-state index contributed by atoms with van der Waals surface area (Å²) in [6.07, 6.45) is 39.7. The van der Waals surface area contributed by atoms with Crippen LogP contribution in [-0.2, 0) is 0 Å². The van der Waals surface area contributed by atoms with Crippen LogP contribution in [0.1, 0.15) is 227 Å². The van der Waals surface area contributed by atoms with E-state index in [1.807, 2.05) is 0 Å². The molecular formula is C43H85N5O2. The molecule has 0 unspecified atom stereocenters. The van der Waals surface area contributed by atoms with Gasteiger partial charge < -0.3 is 9.47 Å². The minimum Gasteiger partial charge on any atom is -0.463 e. The van der Waals surface area contributed by atoms with Gasteiger partial charge >= 0.3 is 12.0 Å². The van der Waals surface area contributed by atoms with Crippen molar-refractivity contribution in [2.75, 3.05) is 24.8 Å². The Labute approximate surface area is 311 Å². The van der Waals surface area contributed by atoms with E-state index in [9.17, 15) is 0 Å². The molecule has 50 heavy (non-hydrogen) atoms. The highest BCUT2D eigenvalue weighted by Crippen LogP contribution is 2.19. The van der Waals surface area contributed by atoms with Crippen LogP contribution >= 0.6 is 0 Å². The van der Waals surface area contributed by atoms with Crippen LogP contribution in [0.15, 0.2) is 0 Å². The number of hydrogen-bond donors (Lipinski definition) is 1. The third kappa shape index (κ3) is 30.0.